The van der Waals surface area contributed by atoms with Gasteiger partial charge < -0.3 is 94.2 Å². The second-order valence-corrected chi connectivity index (χ2v) is 15.9. The van der Waals surface area contributed by atoms with E-state index in [1.54, 1.807) is 0 Å². The lowest BCUT2D eigenvalue weighted by Crippen LogP contribution is -2.63. The van der Waals surface area contributed by atoms with Crippen molar-refractivity contribution in [3.63, 3.8) is 0 Å². The van der Waals surface area contributed by atoms with Gasteiger partial charge in [0.15, 0.2) is 60.0 Å². The molecular formula is C37H43O23P. The lowest BCUT2D eigenvalue weighted by molar-refractivity contribution is -0.376. The largest absolute Gasteiger partial charge is 0.508 e. The second kappa shape index (κ2) is 17.8. The highest BCUT2D eigenvalue weighted by Gasteiger charge is 2.50. The Hall–Kier alpha value is -4.40. The van der Waals surface area contributed by atoms with E-state index in [1.165, 1.54) is 43.5 Å². The number of benzene rings is 3. The van der Waals surface area contributed by atoms with Crippen molar-refractivity contribution >= 4 is 13.6 Å². The van der Waals surface area contributed by atoms with Gasteiger partial charge in [-0.05, 0) is 29.8 Å². The number of rotatable bonds is 12. The SMILES string of the molecule is COc1cc([C@@H]2Oc3cc([C@H]4Oc5cc(O)cc(O)c5C(=O)[C@@H]4O)ccc3O[C@H]2COP(=O)(O)OC[C@H]2O[C@H](O[C@H]3O[C@H](CO)[C@@H](O)[C@H](O)[C@H]3O)[C@H](O)[C@@H](O)[C@@H]2O)ccc1O. The topological polar surface area (TPSA) is 360 Å². The van der Waals surface area contributed by atoms with Gasteiger partial charge in [-0.3, -0.25) is 13.8 Å². The molecule has 23 nitrogen and oxygen atoms in total. The number of Topliss-reactive ketones (excluding diaryl/α,β-unsaturated/α-hetero) is 1. The van der Waals surface area contributed by atoms with Gasteiger partial charge in [-0.2, -0.15) is 0 Å². The van der Waals surface area contributed by atoms with Gasteiger partial charge in [0.05, 0.1) is 26.9 Å². The number of fused-ring (bicyclic) bond motifs is 2. The molecule has 4 aliphatic rings. The predicted octanol–water partition coefficient (Wildman–Crippen LogP) is -1.87. The quantitative estimate of drug-likeness (QED) is 0.0886. The normalized spacial score (nSPS) is 34.5. The van der Waals surface area contributed by atoms with Crippen LogP contribution in [0.15, 0.2) is 48.5 Å². The molecule has 61 heavy (non-hydrogen) atoms. The van der Waals surface area contributed by atoms with Crippen LogP contribution in [0, 0.1) is 0 Å². The van der Waals surface area contributed by atoms with Crippen molar-refractivity contribution in [2.24, 2.45) is 0 Å². The number of carbonyl (C=O) groups is 1. The number of ketones is 1. The zero-order valence-corrected chi connectivity index (χ0v) is 32.5. The van der Waals surface area contributed by atoms with Crippen LogP contribution in [0.1, 0.15) is 33.7 Å². The third-order valence-electron chi connectivity index (χ3n) is 10.4. The molecule has 0 aliphatic carbocycles. The van der Waals surface area contributed by atoms with E-state index >= 15 is 0 Å². The van der Waals surface area contributed by atoms with Crippen LogP contribution >= 0.6 is 7.82 Å². The Morgan fingerprint density at radius 3 is 1.89 bits per heavy atom. The highest BCUT2D eigenvalue weighted by atomic mass is 31.2. The molecule has 0 amide bonds. The van der Waals surface area contributed by atoms with Crippen LogP contribution in [0.2, 0.25) is 0 Å². The van der Waals surface area contributed by atoms with Gasteiger partial charge in [-0.1, -0.05) is 12.1 Å². The molecule has 12 N–H and O–H groups in total. The first-order valence-corrected chi connectivity index (χ1v) is 20.0. The van der Waals surface area contributed by atoms with Gasteiger partial charge in [0.25, 0.3) is 0 Å². The molecule has 0 spiro atoms. The van der Waals surface area contributed by atoms with Gasteiger partial charge in [-0.25, -0.2) is 4.57 Å². The number of phenols is 3. The third kappa shape index (κ3) is 8.95. The third-order valence-corrected chi connectivity index (χ3v) is 11.4. The maximum atomic E-state index is 13.2. The number of hydrogen-bond acceptors (Lipinski definition) is 22. The monoisotopic (exact) mass is 886 g/mol. The molecule has 15 atom stereocenters. The first-order valence-electron chi connectivity index (χ1n) is 18.5. The van der Waals surface area contributed by atoms with Gasteiger partial charge in [0.1, 0.15) is 71.6 Å². The molecular weight excluding hydrogens is 843 g/mol. The van der Waals surface area contributed by atoms with E-state index < -0.39 is 131 Å². The molecule has 1 unspecified atom stereocenters. The number of carbonyl (C=O) groups excluding carboxylic acids is 1. The summed E-state index contributed by atoms with van der Waals surface area (Å²) in [6, 6.07) is 10.4. The summed E-state index contributed by atoms with van der Waals surface area (Å²) in [6.45, 7) is -2.51. The molecule has 4 aliphatic heterocycles. The summed E-state index contributed by atoms with van der Waals surface area (Å²) >= 11 is 0. The Bertz CT molecular complexity index is 2120. The zero-order chi connectivity index (χ0) is 44.1. The lowest BCUT2D eigenvalue weighted by atomic mass is 9.92. The van der Waals surface area contributed by atoms with Crippen molar-refractivity contribution in [1.82, 2.24) is 0 Å². The van der Waals surface area contributed by atoms with Crippen molar-refractivity contribution in [2.45, 2.75) is 85.8 Å². The highest BCUT2D eigenvalue weighted by molar-refractivity contribution is 7.47. The Kier molecular flexibility index (Phi) is 13.0. The molecule has 0 saturated carbocycles. The maximum absolute atomic E-state index is 13.2. The standard InChI is InChI=1S/C37H43O23P/c1-52-19-6-13(2-4-16(19)40)34-24(55-18-5-3-14(7-20(18)56-34)35-31(47)28(44)25-17(41)8-15(39)9-21(25)57-35)12-54-61(50,51)53-11-23-27(43)30(46)33(49)37(59-23)60-36-32(48)29(45)26(42)22(10-38)58-36/h2-9,22-24,26-27,29-43,45-49H,10-12H2,1H3,(H,50,51)/t22-,23-,24+,26-,27-,29+,30+,31+,32-,33-,34+,35-,36-,37-/m1/s1. The minimum absolute atomic E-state index is 0.0195. The number of methoxy groups -OCH3 is 1. The Morgan fingerprint density at radius 2 is 1.23 bits per heavy atom. The summed E-state index contributed by atoms with van der Waals surface area (Å²) in [7, 11) is -3.82. The van der Waals surface area contributed by atoms with Crippen LogP contribution in [0.25, 0.3) is 0 Å². The van der Waals surface area contributed by atoms with Crippen molar-refractivity contribution < 1.29 is 113 Å². The van der Waals surface area contributed by atoms with Crippen LogP contribution < -0.4 is 18.9 Å². The Morgan fingerprint density at radius 1 is 0.639 bits per heavy atom. The molecule has 3 aromatic rings. The summed E-state index contributed by atoms with van der Waals surface area (Å²) in [4.78, 5) is 23.8. The van der Waals surface area contributed by atoms with Crippen LogP contribution in [-0.4, -0.2) is 167 Å². The molecule has 2 fully saturated rings. The summed E-state index contributed by atoms with van der Waals surface area (Å²) in [5, 5.41) is 113. The lowest BCUT2D eigenvalue weighted by Gasteiger charge is -2.44. The van der Waals surface area contributed by atoms with Crippen molar-refractivity contribution in [3.8, 4) is 40.2 Å². The number of hydrogen-bond donors (Lipinski definition) is 12. The fourth-order valence-electron chi connectivity index (χ4n) is 7.12. The maximum Gasteiger partial charge on any atom is 0.472 e. The van der Waals surface area contributed by atoms with E-state index in [0.29, 0.717) is 5.56 Å². The number of aliphatic hydroxyl groups is 8. The number of aliphatic hydroxyl groups excluding tert-OH is 8. The fraction of sp³-hybridized carbons (Fsp3) is 0.486. The first-order chi connectivity index (χ1) is 28.9. The van der Waals surface area contributed by atoms with Crippen molar-refractivity contribution in [1.29, 1.82) is 0 Å². The van der Waals surface area contributed by atoms with E-state index in [0.717, 1.165) is 12.1 Å². The fourth-order valence-corrected chi connectivity index (χ4v) is 7.86. The van der Waals surface area contributed by atoms with Gasteiger partial charge >= 0.3 is 7.82 Å². The van der Waals surface area contributed by atoms with Crippen LogP contribution in [0.4, 0.5) is 0 Å². The summed E-state index contributed by atoms with van der Waals surface area (Å²) in [5.74, 6) is -2.18. The molecule has 0 radical (unpaired) electrons. The van der Waals surface area contributed by atoms with Gasteiger partial charge in [-0.15, -0.1) is 0 Å². The van der Waals surface area contributed by atoms with E-state index in [2.05, 4.69) is 0 Å². The number of ether oxygens (including phenoxy) is 7. The smallest absolute Gasteiger partial charge is 0.472 e. The Labute approximate surface area is 344 Å². The molecule has 3 aromatic carbocycles. The summed E-state index contributed by atoms with van der Waals surface area (Å²) < 4.78 is 63.1. The van der Waals surface area contributed by atoms with Crippen LogP contribution in [0.5, 0.6) is 40.2 Å². The number of phosphoric acid groups is 1. The van der Waals surface area contributed by atoms with Crippen LogP contribution in [0.3, 0.4) is 0 Å². The van der Waals surface area contributed by atoms with Crippen molar-refractivity contribution in [3.05, 3.63) is 65.2 Å². The number of phenolic OH excluding ortho intramolecular Hbond substituents is 3. The van der Waals surface area contributed by atoms with Gasteiger partial charge in [0, 0.05) is 17.7 Å². The summed E-state index contributed by atoms with van der Waals surface area (Å²) in [5.41, 5.74) is 0.179. The number of aromatic hydroxyl groups is 3. The van der Waals surface area contributed by atoms with Crippen LogP contribution in [-0.2, 0) is 27.8 Å². The van der Waals surface area contributed by atoms with Crippen molar-refractivity contribution in [2.75, 3.05) is 26.9 Å². The average molecular weight is 887 g/mol. The minimum atomic E-state index is -5.12. The minimum Gasteiger partial charge on any atom is -0.508 e. The molecule has 2 saturated heterocycles. The molecule has 0 aromatic heterocycles. The first kappa shape index (κ1) is 44.6. The van der Waals surface area contributed by atoms with E-state index in [1.807, 2.05) is 0 Å². The average Bonchev–Trinajstić information content (AvgIpc) is 3.23. The van der Waals surface area contributed by atoms with E-state index in [-0.39, 0.29) is 39.9 Å². The summed E-state index contributed by atoms with van der Waals surface area (Å²) in [6.07, 6.45) is -23.9. The second-order valence-electron chi connectivity index (χ2n) is 14.4. The highest BCUT2D eigenvalue weighted by Crippen LogP contribution is 2.49. The zero-order valence-electron chi connectivity index (χ0n) is 31.6. The molecule has 7 rings (SSSR count). The van der Waals surface area contributed by atoms with Gasteiger partial charge in [0.2, 0.25) is 5.78 Å². The predicted molar refractivity (Wildman–Crippen MR) is 196 cm³/mol. The van der Waals surface area contributed by atoms with E-state index in [4.69, 9.17) is 42.2 Å². The molecule has 24 heteroatoms. The molecule has 4 heterocycles. The van der Waals surface area contributed by atoms with E-state index in [9.17, 15) is 70.4 Å². The number of phosphoric ester groups is 1. The Balaban J connectivity index is 1.06. The molecule has 0 bridgehead atoms. The molecule has 334 valence electrons.